The zero-order chi connectivity index (χ0) is 58.6. The number of hydrogen-bond acceptors (Lipinski definition) is 8. The van der Waals surface area contributed by atoms with Gasteiger partial charge in [0.05, 0.1) is 25.4 Å². The van der Waals surface area contributed by atoms with E-state index < -0.39 is 49.5 Å². The van der Waals surface area contributed by atoms with Gasteiger partial charge < -0.3 is 40.3 Å². The molecule has 464 valence electrons. The molecule has 0 spiro atoms. The molecule has 0 aromatic rings. The van der Waals surface area contributed by atoms with Crippen LogP contribution in [0.3, 0.4) is 0 Å². The van der Waals surface area contributed by atoms with E-state index in [0.717, 1.165) is 103 Å². The average Bonchev–Trinajstić information content (AvgIpc) is 3.48. The van der Waals surface area contributed by atoms with Gasteiger partial charge in [-0.15, -0.1) is 0 Å². The lowest BCUT2D eigenvalue weighted by atomic mass is 9.99. The summed E-state index contributed by atoms with van der Waals surface area (Å²) in [6.45, 7) is 3.68. The molecule has 7 atom stereocenters. The number of ether oxygens (including phenoxy) is 2. The third-order valence-corrected chi connectivity index (χ3v) is 15.0. The van der Waals surface area contributed by atoms with Crippen molar-refractivity contribution in [2.45, 2.75) is 314 Å². The number of carbonyl (C=O) groups excluding carboxylic acids is 1. The Hall–Kier alpha value is -3.41. The summed E-state index contributed by atoms with van der Waals surface area (Å²) in [5.41, 5.74) is 0. The predicted octanol–water partition coefficient (Wildman–Crippen LogP) is 17.9. The molecule has 1 aliphatic heterocycles. The first-order valence-corrected chi connectivity index (χ1v) is 33.3. The summed E-state index contributed by atoms with van der Waals surface area (Å²) in [7, 11) is 0. The fourth-order valence-corrected chi connectivity index (χ4v) is 9.86. The van der Waals surface area contributed by atoms with Crippen molar-refractivity contribution in [2.75, 3.05) is 13.2 Å². The Bertz CT molecular complexity index is 1690. The standard InChI is InChI=1S/C72H123NO8/c1-3-5-7-9-11-13-15-17-19-21-23-24-25-26-27-28-29-30-31-32-33-34-35-36-37-38-39-40-41-42-44-46-48-50-52-54-56-58-60-62-68(76)73-65(64-80-72-71(79)70(78)69(77)67(63-74)81-72)66(75)61-59-57-55-53-51-49-47-45-43-22-20-18-16-14-12-10-8-6-4-2/h5,7,11,13,17,19,23-24,26-27,29-30,32-33,35-36,38-39,59,61,65-67,69-72,74-75,77-79H,3-4,6,8-10,12,14-16,18,20-22,25,28,31,34,37,40-58,60,62-64H2,1-2H3,(H,73,76)/b7-5-,13-11-,19-17-,24-23-,27-26-,30-29-,33-32-,36-35-,39-38-,61-59+. The van der Waals surface area contributed by atoms with Crippen molar-refractivity contribution in [2.24, 2.45) is 0 Å². The summed E-state index contributed by atoms with van der Waals surface area (Å²) in [5.74, 6) is -0.183. The van der Waals surface area contributed by atoms with Gasteiger partial charge in [0, 0.05) is 6.42 Å². The molecule has 0 bridgehead atoms. The van der Waals surface area contributed by atoms with Gasteiger partial charge in [0.1, 0.15) is 24.4 Å². The van der Waals surface area contributed by atoms with Gasteiger partial charge in [-0.1, -0.05) is 296 Å². The number of carbonyl (C=O) groups is 1. The van der Waals surface area contributed by atoms with Crippen molar-refractivity contribution in [1.82, 2.24) is 5.32 Å². The Kier molecular flexibility index (Phi) is 55.8. The second-order valence-electron chi connectivity index (χ2n) is 22.5. The molecule has 1 amide bonds. The van der Waals surface area contributed by atoms with Gasteiger partial charge in [-0.3, -0.25) is 4.79 Å². The minimum atomic E-state index is -1.57. The van der Waals surface area contributed by atoms with Crippen molar-refractivity contribution in [3.8, 4) is 0 Å². The highest BCUT2D eigenvalue weighted by atomic mass is 16.7. The highest BCUT2D eigenvalue weighted by Gasteiger charge is 2.44. The van der Waals surface area contributed by atoms with Gasteiger partial charge in [0.25, 0.3) is 0 Å². The van der Waals surface area contributed by atoms with Crippen LogP contribution < -0.4 is 5.32 Å². The van der Waals surface area contributed by atoms with Crippen molar-refractivity contribution < 1.29 is 39.8 Å². The van der Waals surface area contributed by atoms with Crippen LogP contribution in [0.1, 0.15) is 271 Å². The molecule has 7 unspecified atom stereocenters. The van der Waals surface area contributed by atoms with Crippen molar-refractivity contribution in [3.05, 3.63) is 122 Å². The number of aliphatic hydroxyl groups is 5. The van der Waals surface area contributed by atoms with E-state index in [1.165, 1.54) is 148 Å². The molecule has 1 heterocycles. The van der Waals surface area contributed by atoms with Crippen LogP contribution in [0.25, 0.3) is 0 Å². The molecular formula is C72H123NO8. The number of aliphatic hydroxyl groups excluding tert-OH is 5. The van der Waals surface area contributed by atoms with E-state index in [9.17, 15) is 30.3 Å². The Balaban J connectivity index is 2.15. The summed E-state index contributed by atoms with van der Waals surface area (Å²) in [6.07, 6.45) is 82.8. The van der Waals surface area contributed by atoms with Gasteiger partial charge in [-0.05, 0) is 89.9 Å². The second kappa shape index (κ2) is 59.7. The number of nitrogens with one attached hydrogen (secondary N) is 1. The van der Waals surface area contributed by atoms with Gasteiger partial charge in [-0.25, -0.2) is 0 Å². The lowest BCUT2D eigenvalue weighted by Crippen LogP contribution is -2.60. The fraction of sp³-hybridized carbons (Fsp3) is 0.708. The van der Waals surface area contributed by atoms with E-state index in [1.807, 2.05) is 6.08 Å². The molecule has 6 N–H and O–H groups in total. The molecule has 1 rings (SSSR count). The zero-order valence-electron chi connectivity index (χ0n) is 51.7. The average molecular weight is 1130 g/mol. The lowest BCUT2D eigenvalue weighted by molar-refractivity contribution is -0.302. The van der Waals surface area contributed by atoms with Gasteiger partial charge in [0.2, 0.25) is 5.91 Å². The van der Waals surface area contributed by atoms with Gasteiger partial charge in [-0.2, -0.15) is 0 Å². The van der Waals surface area contributed by atoms with E-state index in [1.54, 1.807) is 6.08 Å². The van der Waals surface area contributed by atoms with Crippen LogP contribution in [0.15, 0.2) is 122 Å². The molecule has 9 heteroatoms. The van der Waals surface area contributed by atoms with Crippen LogP contribution in [0.5, 0.6) is 0 Å². The second-order valence-corrected chi connectivity index (χ2v) is 22.5. The summed E-state index contributed by atoms with van der Waals surface area (Å²) < 4.78 is 11.3. The number of allylic oxidation sites excluding steroid dienone is 19. The highest BCUT2D eigenvalue weighted by Crippen LogP contribution is 2.23. The molecule has 1 fully saturated rings. The number of unbranched alkanes of at least 4 members (excludes halogenated alkanes) is 28. The Morgan fingerprint density at radius 3 is 1.14 bits per heavy atom. The summed E-state index contributed by atoms with van der Waals surface area (Å²) in [5, 5.41) is 54.7. The first-order valence-electron chi connectivity index (χ1n) is 33.3. The van der Waals surface area contributed by atoms with Crippen LogP contribution in [-0.2, 0) is 14.3 Å². The topological polar surface area (TPSA) is 149 Å². The molecule has 0 radical (unpaired) electrons. The minimum absolute atomic E-state index is 0.183. The zero-order valence-corrected chi connectivity index (χ0v) is 51.7. The van der Waals surface area contributed by atoms with Crippen LogP contribution in [0.4, 0.5) is 0 Å². The molecule has 9 nitrogen and oxygen atoms in total. The van der Waals surface area contributed by atoms with Crippen molar-refractivity contribution >= 4 is 5.91 Å². The predicted molar refractivity (Wildman–Crippen MR) is 345 cm³/mol. The fourth-order valence-electron chi connectivity index (χ4n) is 9.86. The summed E-state index contributed by atoms with van der Waals surface area (Å²) in [4.78, 5) is 13.1. The Labute approximate surface area is 497 Å². The van der Waals surface area contributed by atoms with Crippen LogP contribution in [0, 0.1) is 0 Å². The Morgan fingerprint density at radius 2 is 0.765 bits per heavy atom. The van der Waals surface area contributed by atoms with E-state index in [4.69, 9.17) is 9.47 Å². The Morgan fingerprint density at radius 1 is 0.432 bits per heavy atom. The quantitative estimate of drug-likeness (QED) is 0.0261. The van der Waals surface area contributed by atoms with Crippen LogP contribution in [-0.4, -0.2) is 87.5 Å². The molecule has 1 saturated heterocycles. The molecular weight excluding hydrogens is 1010 g/mol. The summed E-state index contributed by atoms with van der Waals surface area (Å²) in [6, 6.07) is -0.815. The molecule has 1 aliphatic rings. The smallest absolute Gasteiger partial charge is 0.220 e. The highest BCUT2D eigenvalue weighted by molar-refractivity contribution is 5.76. The van der Waals surface area contributed by atoms with Gasteiger partial charge in [0.15, 0.2) is 6.29 Å². The van der Waals surface area contributed by atoms with Crippen molar-refractivity contribution in [1.29, 1.82) is 0 Å². The normalized spacial score (nSPS) is 19.2. The molecule has 0 aromatic carbocycles. The maximum absolute atomic E-state index is 13.1. The van der Waals surface area contributed by atoms with Gasteiger partial charge >= 0.3 is 0 Å². The van der Waals surface area contributed by atoms with E-state index >= 15 is 0 Å². The molecule has 0 aliphatic carbocycles. The van der Waals surface area contributed by atoms with E-state index in [0.29, 0.717) is 6.42 Å². The maximum Gasteiger partial charge on any atom is 0.220 e. The third-order valence-electron chi connectivity index (χ3n) is 15.0. The SMILES string of the molecule is CC/C=C\C/C=C\C/C=C\C/C=C\C/C=C\C/C=C\C/C=C\C/C=C\C/C=C\CCCCCCCCCCCCCC(=O)NC(COC1OC(CO)C(O)C(O)C1O)C(O)/C=C/CCCCCCCCCCCCCCCCCCC. The van der Waals surface area contributed by atoms with Crippen LogP contribution >= 0.6 is 0 Å². The lowest BCUT2D eigenvalue weighted by Gasteiger charge is -2.40. The van der Waals surface area contributed by atoms with Crippen molar-refractivity contribution in [3.63, 3.8) is 0 Å². The molecule has 81 heavy (non-hydrogen) atoms. The van der Waals surface area contributed by atoms with Crippen LogP contribution in [0.2, 0.25) is 0 Å². The largest absolute Gasteiger partial charge is 0.394 e. The minimum Gasteiger partial charge on any atom is -0.394 e. The first-order chi connectivity index (χ1) is 39.8. The number of amides is 1. The van der Waals surface area contributed by atoms with E-state index in [2.05, 4.69) is 129 Å². The first kappa shape index (κ1) is 75.6. The number of rotatable bonds is 56. The number of hydrogen-bond donors (Lipinski definition) is 6. The molecule has 0 aromatic heterocycles. The maximum atomic E-state index is 13.1. The van der Waals surface area contributed by atoms with E-state index in [-0.39, 0.29) is 12.5 Å². The summed E-state index contributed by atoms with van der Waals surface area (Å²) >= 11 is 0. The third kappa shape index (κ3) is 48.6. The molecule has 0 saturated carbocycles. The monoisotopic (exact) mass is 1130 g/mol.